The Bertz CT molecular complexity index is 1220. The first-order chi connectivity index (χ1) is 14.7. The number of methoxy groups -OCH3 is 3. The van der Waals surface area contributed by atoms with Crippen molar-refractivity contribution in [3.8, 4) is 28.6 Å². The van der Waals surface area contributed by atoms with Crippen LogP contribution >= 0.6 is 0 Å². The van der Waals surface area contributed by atoms with Crippen molar-refractivity contribution in [2.45, 2.75) is 6.17 Å². The molecule has 0 saturated heterocycles. The fourth-order valence-electron chi connectivity index (χ4n) is 4.38. The van der Waals surface area contributed by atoms with Gasteiger partial charge in [0.1, 0.15) is 12.0 Å². The van der Waals surface area contributed by atoms with Crippen LogP contribution in [0.3, 0.4) is 0 Å². The zero-order valence-corrected chi connectivity index (χ0v) is 17.4. The summed E-state index contributed by atoms with van der Waals surface area (Å²) in [6.07, 6.45) is -0.129. The Balaban J connectivity index is 1.82. The molecule has 0 radical (unpaired) electrons. The highest BCUT2D eigenvalue weighted by atomic mass is 16.5. The molecule has 152 valence electrons. The molecule has 0 fully saturated rings. The number of anilines is 1. The Kier molecular flexibility index (Phi) is 4.28. The molecule has 0 saturated carbocycles. The van der Waals surface area contributed by atoms with E-state index in [1.807, 2.05) is 24.3 Å². The van der Waals surface area contributed by atoms with Crippen LogP contribution in [0.1, 0.15) is 11.7 Å². The summed E-state index contributed by atoms with van der Waals surface area (Å²) in [5.74, 6) is 2.79. The lowest BCUT2D eigenvalue weighted by atomic mass is 10.0. The van der Waals surface area contributed by atoms with Gasteiger partial charge in [0.15, 0.2) is 11.5 Å². The van der Waals surface area contributed by atoms with Crippen LogP contribution in [-0.4, -0.2) is 37.9 Å². The summed E-state index contributed by atoms with van der Waals surface area (Å²) in [6, 6.07) is 20.6. The molecule has 4 aromatic rings. The molecule has 6 nitrogen and oxygen atoms in total. The maximum atomic E-state index is 5.62. The molecule has 0 spiro atoms. The third-order valence-electron chi connectivity index (χ3n) is 5.72. The number of ether oxygens (including phenoxy) is 3. The van der Waals surface area contributed by atoms with Crippen LogP contribution in [0.4, 0.5) is 5.69 Å². The number of imidazole rings is 1. The molecule has 6 heteroatoms. The van der Waals surface area contributed by atoms with Gasteiger partial charge in [-0.3, -0.25) is 4.57 Å². The SMILES string of the molecule is COc1cc([C@@H]2N(C)c3ccccc3-c3nc4ccccc4n32)cc(OC)c1OC. The van der Waals surface area contributed by atoms with Crippen molar-refractivity contribution in [2.75, 3.05) is 33.3 Å². The summed E-state index contributed by atoms with van der Waals surface area (Å²) in [6.45, 7) is 0. The smallest absolute Gasteiger partial charge is 0.203 e. The van der Waals surface area contributed by atoms with Gasteiger partial charge in [-0.15, -0.1) is 0 Å². The Morgan fingerprint density at radius 2 is 1.50 bits per heavy atom. The monoisotopic (exact) mass is 401 g/mol. The van der Waals surface area contributed by atoms with Crippen molar-refractivity contribution < 1.29 is 14.2 Å². The van der Waals surface area contributed by atoms with Gasteiger partial charge in [-0.05, 0) is 36.4 Å². The largest absolute Gasteiger partial charge is 0.493 e. The molecular formula is C24H23N3O3. The maximum Gasteiger partial charge on any atom is 0.203 e. The normalized spacial score (nSPS) is 14.9. The van der Waals surface area contributed by atoms with Crippen molar-refractivity contribution in [3.63, 3.8) is 0 Å². The van der Waals surface area contributed by atoms with Gasteiger partial charge in [-0.1, -0.05) is 24.3 Å². The van der Waals surface area contributed by atoms with E-state index in [-0.39, 0.29) is 6.17 Å². The minimum Gasteiger partial charge on any atom is -0.493 e. The molecule has 0 bridgehead atoms. The van der Waals surface area contributed by atoms with E-state index in [0.29, 0.717) is 17.2 Å². The molecule has 30 heavy (non-hydrogen) atoms. The predicted molar refractivity (Wildman–Crippen MR) is 118 cm³/mol. The summed E-state index contributed by atoms with van der Waals surface area (Å²) in [5.41, 5.74) is 5.30. The van der Waals surface area contributed by atoms with E-state index in [9.17, 15) is 0 Å². The number of fused-ring (bicyclic) bond motifs is 5. The Hall–Kier alpha value is -3.67. The lowest BCUT2D eigenvalue weighted by Gasteiger charge is -2.38. The first-order valence-electron chi connectivity index (χ1n) is 9.77. The number of hydrogen-bond acceptors (Lipinski definition) is 5. The van der Waals surface area contributed by atoms with Gasteiger partial charge in [0.05, 0.1) is 32.4 Å². The van der Waals surface area contributed by atoms with Crippen molar-refractivity contribution in [3.05, 3.63) is 66.2 Å². The minimum absolute atomic E-state index is 0.129. The van der Waals surface area contributed by atoms with E-state index >= 15 is 0 Å². The topological polar surface area (TPSA) is 48.8 Å². The Morgan fingerprint density at radius 3 is 2.20 bits per heavy atom. The average molecular weight is 401 g/mol. The summed E-state index contributed by atoms with van der Waals surface area (Å²) < 4.78 is 19.0. The molecule has 1 aromatic heterocycles. The van der Waals surface area contributed by atoms with E-state index in [1.165, 1.54) is 0 Å². The molecule has 0 N–H and O–H groups in total. The van der Waals surface area contributed by atoms with Crippen molar-refractivity contribution in [1.82, 2.24) is 9.55 Å². The van der Waals surface area contributed by atoms with Crippen LogP contribution in [0.15, 0.2) is 60.7 Å². The lowest BCUT2D eigenvalue weighted by Crippen LogP contribution is -2.34. The average Bonchev–Trinajstić information content (AvgIpc) is 3.18. The minimum atomic E-state index is -0.129. The number of aromatic nitrogens is 2. The molecule has 0 unspecified atom stereocenters. The summed E-state index contributed by atoms with van der Waals surface area (Å²) in [7, 11) is 6.99. The summed E-state index contributed by atoms with van der Waals surface area (Å²) in [4.78, 5) is 7.23. The number of benzene rings is 3. The van der Waals surface area contributed by atoms with Crippen LogP contribution in [0, 0.1) is 0 Å². The third-order valence-corrected chi connectivity index (χ3v) is 5.72. The van der Waals surface area contributed by atoms with Crippen molar-refractivity contribution in [2.24, 2.45) is 0 Å². The quantitative estimate of drug-likeness (QED) is 0.495. The first kappa shape index (κ1) is 18.4. The van der Waals surface area contributed by atoms with Gasteiger partial charge >= 0.3 is 0 Å². The highest BCUT2D eigenvalue weighted by molar-refractivity contribution is 5.87. The molecule has 5 rings (SSSR count). The zero-order chi connectivity index (χ0) is 20.8. The van der Waals surface area contributed by atoms with Crippen LogP contribution in [-0.2, 0) is 0 Å². The van der Waals surface area contributed by atoms with Gasteiger partial charge in [-0.2, -0.15) is 0 Å². The van der Waals surface area contributed by atoms with Gasteiger partial charge in [-0.25, -0.2) is 4.98 Å². The fourth-order valence-corrected chi connectivity index (χ4v) is 4.38. The molecule has 3 aromatic carbocycles. The fraction of sp³-hybridized carbons (Fsp3) is 0.208. The van der Waals surface area contributed by atoms with Crippen molar-refractivity contribution >= 4 is 16.7 Å². The molecule has 1 aliphatic heterocycles. The van der Waals surface area contributed by atoms with Crippen molar-refractivity contribution in [1.29, 1.82) is 0 Å². The van der Waals surface area contributed by atoms with Gasteiger partial charge in [0, 0.05) is 23.9 Å². The number of hydrogen-bond donors (Lipinski definition) is 0. The van der Waals surface area contributed by atoms with E-state index in [4.69, 9.17) is 19.2 Å². The third kappa shape index (κ3) is 2.53. The highest BCUT2D eigenvalue weighted by Crippen LogP contribution is 2.47. The lowest BCUT2D eigenvalue weighted by molar-refractivity contribution is 0.323. The number of nitrogens with zero attached hydrogens (tertiary/aromatic N) is 3. The number of rotatable bonds is 4. The van der Waals surface area contributed by atoms with Crippen LogP contribution in [0.25, 0.3) is 22.4 Å². The second-order valence-electron chi connectivity index (χ2n) is 7.25. The number of para-hydroxylation sites is 3. The molecule has 2 heterocycles. The molecule has 0 amide bonds. The van der Waals surface area contributed by atoms with Gasteiger partial charge < -0.3 is 19.1 Å². The van der Waals surface area contributed by atoms with Gasteiger partial charge in [0.2, 0.25) is 5.75 Å². The summed E-state index contributed by atoms with van der Waals surface area (Å²) in [5, 5.41) is 0. The van der Waals surface area contributed by atoms with E-state index in [0.717, 1.165) is 33.7 Å². The Morgan fingerprint density at radius 1 is 0.833 bits per heavy atom. The zero-order valence-electron chi connectivity index (χ0n) is 17.4. The summed E-state index contributed by atoms with van der Waals surface area (Å²) >= 11 is 0. The van der Waals surface area contributed by atoms with E-state index in [1.54, 1.807) is 21.3 Å². The van der Waals surface area contributed by atoms with Crippen LogP contribution in [0.2, 0.25) is 0 Å². The molecule has 1 aliphatic rings. The Labute approximate surface area is 175 Å². The van der Waals surface area contributed by atoms with E-state index < -0.39 is 0 Å². The maximum absolute atomic E-state index is 5.62. The van der Waals surface area contributed by atoms with Gasteiger partial charge in [0.25, 0.3) is 0 Å². The van der Waals surface area contributed by atoms with Crippen LogP contribution < -0.4 is 19.1 Å². The molecule has 1 atom stereocenters. The van der Waals surface area contributed by atoms with E-state index in [2.05, 4.69) is 52.9 Å². The second-order valence-corrected chi connectivity index (χ2v) is 7.25. The molecule has 0 aliphatic carbocycles. The van der Waals surface area contributed by atoms with Crippen LogP contribution in [0.5, 0.6) is 17.2 Å². The first-order valence-corrected chi connectivity index (χ1v) is 9.77. The predicted octanol–water partition coefficient (Wildman–Crippen LogP) is 4.73. The highest BCUT2D eigenvalue weighted by Gasteiger charge is 2.33. The second kappa shape index (κ2) is 6.99. The molecular weight excluding hydrogens is 378 g/mol. The standard InChI is InChI=1S/C24H23N3O3/c1-26-18-11-7-5-9-16(18)23-25-17-10-6-8-12-19(17)27(23)24(26)15-13-20(28-2)22(30-4)21(14-15)29-3/h5-14,24H,1-4H3/t24-/m1/s1.